The van der Waals surface area contributed by atoms with Crippen LogP contribution >= 0.6 is 0 Å². The molecule has 0 amide bonds. The summed E-state index contributed by atoms with van der Waals surface area (Å²) < 4.78 is 7.12. The van der Waals surface area contributed by atoms with Gasteiger partial charge in [0.25, 0.3) is 0 Å². The van der Waals surface area contributed by atoms with Crippen LogP contribution in [0.5, 0.6) is 5.75 Å². The summed E-state index contributed by atoms with van der Waals surface area (Å²) in [5.74, 6) is 0.488. The van der Waals surface area contributed by atoms with E-state index >= 15 is 0 Å². The number of rotatable bonds is 6. The molecule has 0 aliphatic carbocycles. The maximum atomic E-state index is 12.5. The van der Waals surface area contributed by atoms with Gasteiger partial charge in [-0.1, -0.05) is 24.3 Å². The normalized spacial score (nSPS) is 10.4. The number of ether oxygens (including phenoxy) is 1. The third-order valence-electron chi connectivity index (χ3n) is 2.72. The molecule has 0 bridgehead atoms. The number of aromatic nitrogens is 3. The quantitative estimate of drug-likeness (QED) is 0.747. The molecule has 2 rings (SSSR count). The second kappa shape index (κ2) is 6.13. The molecule has 1 heterocycles. The number of hydrogen-bond donors (Lipinski definition) is 0. The molecule has 0 atom stereocenters. The minimum absolute atomic E-state index is 0.109. The average molecular weight is 259 g/mol. The molecule has 0 spiro atoms. The molecule has 0 saturated heterocycles. The van der Waals surface area contributed by atoms with Gasteiger partial charge in [0, 0.05) is 6.54 Å². The fraction of sp³-hybridized carbons (Fsp3) is 0.357. The molecule has 0 N–H and O–H groups in total. The van der Waals surface area contributed by atoms with Gasteiger partial charge in [-0.15, -0.1) is 5.10 Å². The van der Waals surface area contributed by atoms with E-state index in [1.807, 2.05) is 26.0 Å². The lowest BCUT2D eigenvalue weighted by atomic mass is 10.1. The molecule has 0 aliphatic rings. The molecule has 1 aromatic carbocycles. The summed E-state index contributed by atoms with van der Waals surface area (Å²) in [6.07, 6.45) is 2.40. The zero-order valence-corrected chi connectivity index (χ0v) is 11.2. The third-order valence-corrected chi connectivity index (χ3v) is 2.72. The van der Waals surface area contributed by atoms with E-state index in [0.717, 1.165) is 6.42 Å². The van der Waals surface area contributed by atoms with Crippen molar-refractivity contribution in [2.75, 3.05) is 6.61 Å². The largest absolute Gasteiger partial charge is 0.493 e. The highest BCUT2D eigenvalue weighted by molar-refractivity contribution is 6.09. The zero-order chi connectivity index (χ0) is 13.7. The van der Waals surface area contributed by atoms with Crippen LogP contribution < -0.4 is 4.74 Å². The molecule has 1 aromatic heterocycles. The first-order chi connectivity index (χ1) is 9.27. The highest BCUT2D eigenvalue weighted by Gasteiger charge is 2.18. The lowest BCUT2D eigenvalue weighted by molar-refractivity contribution is 0.102. The first-order valence-corrected chi connectivity index (χ1v) is 6.43. The number of nitrogens with zero attached hydrogens (tertiary/aromatic N) is 3. The van der Waals surface area contributed by atoms with Crippen LogP contribution in [0.4, 0.5) is 0 Å². The van der Waals surface area contributed by atoms with Gasteiger partial charge in [-0.25, -0.2) is 4.68 Å². The Balaban J connectivity index is 2.36. The Hall–Kier alpha value is -2.17. The summed E-state index contributed by atoms with van der Waals surface area (Å²) in [4.78, 5) is 12.5. The summed E-state index contributed by atoms with van der Waals surface area (Å²) in [5, 5.41) is 7.75. The van der Waals surface area contributed by atoms with Crippen LogP contribution in [0, 0.1) is 0 Å². The van der Waals surface area contributed by atoms with Crippen LogP contribution in [0.15, 0.2) is 30.5 Å². The number of carbonyl (C=O) groups excluding carboxylic acids is 1. The number of aryl methyl sites for hydroxylation is 1. The standard InChI is InChI=1S/C14H17N3O2/c1-3-9-17-12(10-15-16-17)14(18)11-7-5-6-8-13(11)19-4-2/h5-8,10H,3-4,9H2,1-2H3. The molecule has 5 heteroatoms. The van der Waals surface area contributed by atoms with E-state index in [1.165, 1.54) is 6.20 Å². The molecule has 19 heavy (non-hydrogen) atoms. The second-order valence-electron chi connectivity index (χ2n) is 4.10. The Morgan fingerprint density at radius 3 is 2.84 bits per heavy atom. The monoisotopic (exact) mass is 259 g/mol. The number of para-hydroxylation sites is 1. The Labute approximate surface area is 112 Å². The van der Waals surface area contributed by atoms with E-state index in [-0.39, 0.29) is 5.78 Å². The van der Waals surface area contributed by atoms with Crippen LogP contribution in [-0.2, 0) is 6.54 Å². The predicted octanol–water partition coefficient (Wildman–Crippen LogP) is 2.32. The van der Waals surface area contributed by atoms with Gasteiger partial charge >= 0.3 is 0 Å². The maximum Gasteiger partial charge on any atom is 0.216 e. The maximum absolute atomic E-state index is 12.5. The highest BCUT2D eigenvalue weighted by Crippen LogP contribution is 2.21. The lowest BCUT2D eigenvalue weighted by Crippen LogP contribution is -2.12. The Morgan fingerprint density at radius 1 is 1.32 bits per heavy atom. The van der Waals surface area contributed by atoms with E-state index < -0.39 is 0 Å². The van der Waals surface area contributed by atoms with Gasteiger partial charge in [-0.3, -0.25) is 4.79 Å². The molecule has 0 saturated carbocycles. The minimum Gasteiger partial charge on any atom is -0.493 e. The van der Waals surface area contributed by atoms with E-state index in [1.54, 1.807) is 16.8 Å². The van der Waals surface area contributed by atoms with Crippen LogP contribution in [-0.4, -0.2) is 27.4 Å². The molecular weight excluding hydrogens is 242 g/mol. The van der Waals surface area contributed by atoms with Crippen LogP contribution in [0.1, 0.15) is 36.3 Å². The summed E-state index contributed by atoms with van der Waals surface area (Å²) in [7, 11) is 0. The molecule has 0 aliphatic heterocycles. The van der Waals surface area contributed by atoms with Crippen molar-refractivity contribution in [2.24, 2.45) is 0 Å². The SMILES string of the molecule is CCCn1nncc1C(=O)c1ccccc1OCC. The zero-order valence-electron chi connectivity index (χ0n) is 11.2. The van der Waals surface area contributed by atoms with E-state index in [4.69, 9.17) is 4.74 Å². The molecular formula is C14H17N3O2. The fourth-order valence-electron chi connectivity index (χ4n) is 1.88. The van der Waals surface area contributed by atoms with Crippen molar-refractivity contribution in [1.82, 2.24) is 15.0 Å². The van der Waals surface area contributed by atoms with Crippen molar-refractivity contribution in [1.29, 1.82) is 0 Å². The summed E-state index contributed by atoms with van der Waals surface area (Å²) in [5.41, 5.74) is 1.04. The first-order valence-electron chi connectivity index (χ1n) is 6.43. The van der Waals surface area contributed by atoms with Gasteiger partial charge in [-0.2, -0.15) is 0 Å². The van der Waals surface area contributed by atoms with Gasteiger partial charge in [0.05, 0.1) is 18.4 Å². The number of hydrogen-bond acceptors (Lipinski definition) is 4. The molecule has 2 aromatic rings. The van der Waals surface area contributed by atoms with Gasteiger partial charge in [0.2, 0.25) is 5.78 Å². The van der Waals surface area contributed by atoms with Crippen LogP contribution in [0.2, 0.25) is 0 Å². The smallest absolute Gasteiger partial charge is 0.216 e. The molecule has 5 nitrogen and oxygen atoms in total. The van der Waals surface area contributed by atoms with Crippen molar-refractivity contribution < 1.29 is 9.53 Å². The topological polar surface area (TPSA) is 57.0 Å². The summed E-state index contributed by atoms with van der Waals surface area (Å²) >= 11 is 0. The van der Waals surface area contributed by atoms with Crippen LogP contribution in [0.3, 0.4) is 0 Å². The third kappa shape index (κ3) is 2.81. The van der Waals surface area contributed by atoms with Gasteiger partial charge in [0.15, 0.2) is 0 Å². The van der Waals surface area contributed by atoms with Crippen molar-refractivity contribution in [3.05, 3.63) is 41.7 Å². The minimum atomic E-state index is -0.109. The van der Waals surface area contributed by atoms with Gasteiger partial charge < -0.3 is 4.74 Å². The number of benzene rings is 1. The summed E-state index contributed by atoms with van der Waals surface area (Å²) in [6, 6.07) is 7.23. The van der Waals surface area contributed by atoms with E-state index in [0.29, 0.717) is 30.2 Å². The molecule has 0 fully saturated rings. The Bertz CT molecular complexity index is 563. The first kappa shape index (κ1) is 13.3. The number of carbonyl (C=O) groups is 1. The fourth-order valence-corrected chi connectivity index (χ4v) is 1.88. The molecule has 0 unspecified atom stereocenters. The average Bonchev–Trinajstić information content (AvgIpc) is 2.88. The molecule has 100 valence electrons. The van der Waals surface area contributed by atoms with Crippen molar-refractivity contribution in [3.8, 4) is 5.75 Å². The van der Waals surface area contributed by atoms with Gasteiger partial charge in [0.1, 0.15) is 11.4 Å². The van der Waals surface area contributed by atoms with Crippen molar-refractivity contribution >= 4 is 5.78 Å². The number of ketones is 1. The van der Waals surface area contributed by atoms with E-state index in [9.17, 15) is 4.79 Å². The van der Waals surface area contributed by atoms with Crippen molar-refractivity contribution in [2.45, 2.75) is 26.8 Å². The van der Waals surface area contributed by atoms with Gasteiger partial charge in [-0.05, 0) is 25.5 Å². The highest BCUT2D eigenvalue weighted by atomic mass is 16.5. The Kier molecular flexibility index (Phi) is 4.28. The second-order valence-corrected chi connectivity index (χ2v) is 4.10. The Morgan fingerprint density at radius 2 is 2.11 bits per heavy atom. The van der Waals surface area contributed by atoms with Crippen LogP contribution in [0.25, 0.3) is 0 Å². The molecule has 0 radical (unpaired) electrons. The lowest BCUT2D eigenvalue weighted by Gasteiger charge is -2.09. The van der Waals surface area contributed by atoms with E-state index in [2.05, 4.69) is 10.3 Å². The predicted molar refractivity (Wildman–Crippen MR) is 71.4 cm³/mol. The summed E-state index contributed by atoms with van der Waals surface area (Å²) in [6.45, 7) is 5.13. The van der Waals surface area contributed by atoms with Crippen molar-refractivity contribution in [3.63, 3.8) is 0 Å².